The molecule has 0 unspecified atom stereocenters. The molecule has 0 aliphatic carbocycles. The first-order valence-electron chi connectivity index (χ1n) is 5.57. The summed E-state index contributed by atoms with van der Waals surface area (Å²) < 4.78 is 5.02. The molecule has 0 bridgehead atoms. The number of para-hydroxylation sites is 1. The summed E-state index contributed by atoms with van der Waals surface area (Å²) >= 11 is 5.91. The summed E-state index contributed by atoms with van der Waals surface area (Å²) in [7, 11) is 1.50. The average molecular weight is 277 g/mol. The highest BCUT2D eigenvalue weighted by molar-refractivity contribution is 6.33. The van der Waals surface area contributed by atoms with Crippen LogP contribution in [0.5, 0.6) is 11.5 Å². The van der Waals surface area contributed by atoms with Gasteiger partial charge in [0.2, 0.25) is 0 Å². The second-order valence-corrected chi connectivity index (χ2v) is 4.27. The van der Waals surface area contributed by atoms with E-state index in [1.807, 2.05) is 0 Å². The van der Waals surface area contributed by atoms with Crippen LogP contribution in [0.4, 0.5) is 11.4 Å². The molecule has 0 aliphatic rings. The minimum atomic E-state index is 0.0512. The first-order chi connectivity index (χ1) is 9.11. The number of ether oxygens (including phenoxy) is 1. The number of halogens is 1. The van der Waals surface area contributed by atoms with Gasteiger partial charge in [-0.1, -0.05) is 17.7 Å². The topological polar surface area (TPSA) is 67.8 Å². The Morgan fingerprint density at radius 2 is 2.11 bits per heavy atom. The number of nitrogens with two attached hydrogens (primary N) is 1. The third-order valence-electron chi connectivity index (χ3n) is 2.59. The highest BCUT2D eigenvalue weighted by Crippen LogP contribution is 2.29. The molecule has 0 fully saturated rings. The van der Waals surface area contributed by atoms with Gasteiger partial charge in [0.15, 0.2) is 11.5 Å². The Hall–Kier alpha value is -2.20. The highest BCUT2D eigenvalue weighted by atomic mass is 35.5. The van der Waals surface area contributed by atoms with Gasteiger partial charge < -0.3 is 15.6 Å². The highest BCUT2D eigenvalue weighted by Gasteiger charge is 2.04. The molecule has 3 N–H and O–H groups in total. The van der Waals surface area contributed by atoms with E-state index >= 15 is 0 Å². The number of hydrogen-bond donors (Lipinski definition) is 2. The van der Waals surface area contributed by atoms with E-state index in [4.69, 9.17) is 22.1 Å². The van der Waals surface area contributed by atoms with Crippen molar-refractivity contribution in [2.45, 2.75) is 0 Å². The molecule has 2 aromatic rings. The Bertz CT molecular complexity index is 627. The maximum atomic E-state index is 9.90. The Kier molecular flexibility index (Phi) is 3.92. The van der Waals surface area contributed by atoms with Gasteiger partial charge in [0.05, 0.1) is 23.5 Å². The van der Waals surface area contributed by atoms with Gasteiger partial charge in [-0.2, -0.15) is 0 Å². The number of hydrogen-bond acceptors (Lipinski definition) is 4. The monoisotopic (exact) mass is 276 g/mol. The van der Waals surface area contributed by atoms with Crippen molar-refractivity contribution in [3.63, 3.8) is 0 Å². The quantitative estimate of drug-likeness (QED) is 0.667. The second-order valence-electron chi connectivity index (χ2n) is 3.86. The Morgan fingerprint density at radius 3 is 2.79 bits per heavy atom. The fourth-order valence-corrected chi connectivity index (χ4v) is 1.72. The summed E-state index contributed by atoms with van der Waals surface area (Å²) in [5, 5.41) is 10.4. The molecule has 4 nitrogen and oxygen atoms in total. The van der Waals surface area contributed by atoms with Crippen molar-refractivity contribution in [2.24, 2.45) is 4.99 Å². The van der Waals surface area contributed by atoms with Crippen LogP contribution >= 0.6 is 11.6 Å². The summed E-state index contributed by atoms with van der Waals surface area (Å²) in [6.07, 6.45) is 1.54. The van der Waals surface area contributed by atoms with E-state index in [1.165, 1.54) is 7.11 Å². The lowest BCUT2D eigenvalue weighted by Gasteiger charge is -2.05. The van der Waals surface area contributed by atoms with E-state index in [1.54, 1.807) is 42.6 Å². The molecule has 0 aromatic heterocycles. The molecular weight excluding hydrogens is 264 g/mol. The van der Waals surface area contributed by atoms with Crippen LogP contribution in [0.15, 0.2) is 41.4 Å². The number of phenols is 1. The molecule has 98 valence electrons. The van der Waals surface area contributed by atoms with E-state index in [0.717, 1.165) is 0 Å². The van der Waals surface area contributed by atoms with Crippen molar-refractivity contribution in [1.82, 2.24) is 0 Å². The lowest BCUT2D eigenvalue weighted by Crippen LogP contribution is -1.88. The number of phenolic OH excluding ortho intramolecular Hbond substituents is 1. The van der Waals surface area contributed by atoms with Crippen molar-refractivity contribution in [3.8, 4) is 11.5 Å². The standard InChI is InChI=1S/C14H13ClN2O2/c1-19-13-4-2-3-9(14(13)18)8-17-10-5-6-12(16)11(15)7-10/h2-8,18H,16H2,1H3. The van der Waals surface area contributed by atoms with Crippen LogP contribution in [0.3, 0.4) is 0 Å². The van der Waals surface area contributed by atoms with Crippen LogP contribution in [0.2, 0.25) is 5.02 Å². The van der Waals surface area contributed by atoms with Gasteiger partial charge >= 0.3 is 0 Å². The summed E-state index contributed by atoms with van der Waals surface area (Å²) in [6, 6.07) is 10.3. The molecule has 0 spiro atoms. The Labute approximate surface area is 116 Å². The largest absolute Gasteiger partial charge is 0.504 e. The number of aliphatic imine (C=N–C) groups is 1. The zero-order valence-corrected chi connectivity index (χ0v) is 11.1. The lowest BCUT2D eigenvalue weighted by atomic mass is 10.2. The van der Waals surface area contributed by atoms with Gasteiger partial charge in [0, 0.05) is 11.8 Å². The van der Waals surface area contributed by atoms with Crippen molar-refractivity contribution in [2.75, 3.05) is 12.8 Å². The summed E-state index contributed by atoms with van der Waals surface area (Å²) in [6.45, 7) is 0. The number of aromatic hydroxyl groups is 1. The number of methoxy groups -OCH3 is 1. The van der Waals surface area contributed by atoms with E-state index < -0.39 is 0 Å². The summed E-state index contributed by atoms with van der Waals surface area (Å²) in [4.78, 5) is 4.23. The molecule has 19 heavy (non-hydrogen) atoms. The van der Waals surface area contributed by atoms with Crippen molar-refractivity contribution >= 4 is 29.2 Å². The Balaban J connectivity index is 2.30. The van der Waals surface area contributed by atoms with Crippen LogP contribution < -0.4 is 10.5 Å². The fourth-order valence-electron chi connectivity index (χ4n) is 1.55. The molecule has 0 saturated carbocycles. The maximum Gasteiger partial charge on any atom is 0.166 e. The zero-order chi connectivity index (χ0) is 13.8. The zero-order valence-electron chi connectivity index (χ0n) is 10.3. The van der Waals surface area contributed by atoms with E-state index in [2.05, 4.69) is 4.99 Å². The third-order valence-corrected chi connectivity index (χ3v) is 2.91. The molecule has 0 atom stereocenters. The SMILES string of the molecule is COc1cccc(C=Nc2ccc(N)c(Cl)c2)c1O. The van der Waals surface area contributed by atoms with Crippen molar-refractivity contribution in [1.29, 1.82) is 0 Å². The van der Waals surface area contributed by atoms with Crippen LogP contribution in [0, 0.1) is 0 Å². The third kappa shape index (κ3) is 2.98. The predicted molar refractivity (Wildman–Crippen MR) is 77.8 cm³/mol. The molecular formula is C14H13ClN2O2. The number of anilines is 1. The van der Waals surface area contributed by atoms with Gasteiger partial charge in [-0.15, -0.1) is 0 Å². The first-order valence-corrected chi connectivity index (χ1v) is 5.94. The minimum absolute atomic E-state index is 0.0512. The van der Waals surface area contributed by atoms with Crippen LogP contribution in [0.1, 0.15) is 5.56 Å². The smallest absolute Gasteiger partial charge is 0.166 e. The van der Waals surface area contributed by atoms with Gasteiger partial charge in [-0.3, -0.25) is 4.99 Å². The summed E-state index contributed by atoms with van der Waals surface area (Å²) in [5.41, 5.74) is 7.34. The normalized spacial score (nSPS) is 10.8. The van der Waals surface area contributed by atoms with Gasteiger partial charge in [-0.05, 0) is 30.3 Å². The van der Waals surface area contributed by atoms with Crippen molar-refractivity contribution < 1.29 is 9.84 Å². The summed E-state index contributed by atoms with van der Waals surface area (Å²) in [5.74, 6) is 0.453. The molecule has 0 aliphatic heterocycles. The average Bonchev–Trinajstić information content (AvgIpc) is 2.41. The fraction of sp³-hybridized carbons (Fsp3) is 0.0714. The Morgan fingerprint density at radius 1 is 1.32 bits per heavy atom. The van der Waals surface area contributed by atoms with E-state index in [9.17, 15) is 5.11 Å². The maximum absolute atomic E-state index is 9.90. The van der Waals surface area contributed by atoms with Crippen LogP contribution in [0.25, 0.3) is 0 Å². The number of benzene rings is 2. The van der Waals surface area contributed by atoms with Gasteiger partial charge in [-0.25, -0.2) is 0 Å². The minimum Gasteiger partial charge on any atom is -0.504 e. The van der Waals surface area contributed by atoms with E-state index in [-0.39, 0.29) is 5.75 Å². The molecule has 0 radical (unpaired) electrons. The van der Waals surface area contributed by atoms with E-state index in [0.29, 0.717) is 27.7 Å². The lowest BCUT2D eigenvalue weighted by molar-refractivity contribution is 0.373. The molecule has 0 amide bonds. The number of nitrogens with zero attached hydrogens (tertiary/aromatic N) is 1. The van der Waals surface area contributed by atoms with Gasteiger partial charge in [0.1, 0.15) is 0 Å². The predicted octanol–water partition coefficient (Wildman–Crippen LogP) is 3.39. The number of rotatable bonds is 3. The van der Waals surface area contributed by atoms with Crippen LogP contribution in [-0.4, -0.2) is 18.4 Å². The first kappa shape index (κ1) is 13.2. The molecule has 5 heteroatoms. The number of nitrogen functional groups attached to an aromatic ring is 1. The molecule has 2 rings (SSSR count). The second kappa shape index (κ2) is 5.63. The molecule has 2 aromatic carbocycles. The molecule has 0 saturated heterocycles. The van der Waals surface area contributed by atoms with Crippen LogP contribution in [-0.2, 0) is 0 Å². The molecule has 0 heterocycles. The van der Waals surface area contributed by atoms with Crippen molar-refractivity contribution in [3.05, 3.63) is 47.0 Å². The van der Waals surface area contributed by atoms with Gasteiger partial charge in [0.25, 0.3) is 0 Å².